The summed E-state index contributed by atoms with van der Waals surface area (Å²) >= 11 is 0. The molecule has 26 heavy (non-hydrogen) atoms. The summed E-state index contributed by atoms with van der Waals surface area (Å²) in [5, 5.41) is 1.01. The van der Waals surface area contributed by atoms with Gasteiger partial charge >= 0.3 is 0 Å². The molecule has 2 heterocycles. The van der Waals surface area contributed by atoms with Gasteiger partial charge in [0.1, 0.15) is 5.75 Å². The van der Waals surface area contributed by atoms with Crippen molar-refractivity contribution in [3.63, 3.8) is 0 Å². The number of fused-ring (bicyclic) bond motifs is 1. The van der Waals surface area contributed by atoms with E-state index in [1.54, 1.807) is 13.3 Å². The van der Waals surface area contributed by atoms with Crippen LogP contribution in [0.1, 0.15) is 22.3 Å². The summed E-state index contributed by atoms with van der Waals surface area (Å²) < 4.78 is 5.21. The summed E-state index contributed by atoms with van der Waals surface area (Å²) in [6.45, 7) is 1.61. The van der Waals surface area contributed by atoms with Crippen LogP contribution in [0.5, 0.6) is 5.75 Å². The number of pyridine rings is 1. The Bertz CT molecular complexity index is 916. The number of likely N-dealkylation sites (tertiary alicyclic amines) is 1. The Hall–Kier alpha value is -2.88. The fourth-order valence-corrected chi connectivity index (χ4v) is 3.73. The van der Waals surface area contributed by atoms with E-state index in [2.05, 4.69) is 17.1 Å². The molecule has 0 spiro atoms. The highest BCUT2D eigenvalue weighted by atomic mass is 16.5. The molecule has 1 saturated heterocycles. The number of hydrogen-bond donors (Lipinski definition) is 0. The zero-order chi connectivity index (χ0) is 17.9. The van der Waals surface area contributed by atoms with Crippen LogP contribution in [0.15, 0.2) is 60.8 Å². The Morgan fingerprint density at radius 2 is 1.96 bits per heavy atom. The molecule has 0 N–H and O–H groups in total. The Labute approximate surface area is 153 Å². The number of aromatic nitrogens is 1. The molecule has 1 fully saturated rings. The SMILES string of the molecule is COc1ccc(CC2CCN(C(=O)c3cccc4cccnc34)C2)cc1. The highest BCUT2D eigenvalue weighted by molar-refractivity contribution is 6.05. The van der Waals surface area contributed by atoms with Gasteiger partial charge in [-0.1, -0.05) is 30.3 Å². The van der Waals surface area contributed by atoms with Crippen molar-refractivity contribution >= 4 is 16.8 Å². The average Bonchev–Trinajstić information content (AvgIpc) is 3.16. The normalized spacial score (nSPS) is 16.8. The summed E-state index contributed by atoms with van der Waals surface area (Å²) in [6.07, 6.45) is 3.77. The van der Waals surface area contributed by atoms with E-state index in [-0.39, 0.29) is 5.91 Å². The van der Waals surface area contributed by atoms with Gasteiger partial charge in [0, 0.05) is 24.7 Å². The van der Waals surface area contributed by atoms with Crippen molar-refractivity contribution in [2.24, 2.45) is 5.92 Å². The van der Waals surface area contributed by atoms with Gasteiger partial charge < -0.3 is 9.64 Å². The summed E-state index contributed by atoms with van der Waals surface area (Å²) in [5.41, 5.74) is 2.78. The number of methoxy groups -OCH3 is 1. The lowest BCUT2D eigenvalue weighted by Gasteiger charge is -2.17. The smallest absolute Gasteiger partial charge is 0.256 e. The van der Waals surface area contributed by atoms with Gasteiger partial charge in [-0.2, -0.15) is 0 Å². The molecule has 0 aliphatic carbocycles. The van der Waals surface area contributed by atoms with E-state index in [4.69, 9.17) is 4.74 Å². The molecular formula is C22H22N2O2. The highest BCUT2D eigenvalue weighted by Gasteiger charge is 2.28. The van der Waals surface area contributed by atoms with E-state index in [1.165, 1.54) is 5.56 Å². The Morgan fingerprint density at radius 1 is 1.15 bits per heavy atom. The van der Waals surface area contributed by atoms with Crippen molar-refractivity contribution in [1.82, 2.24) is 9.88 Å². The second kappa shape index (κ2) is 7.16. The molecule has 4 heteroatoms. The third kappa shape index (κ3) is 3.27. The number of amides is 1. The van der Waals surface area contributed by atoms with Crippen LogP contribution in [0.25, 0.3) is 10.9 Å². The maximum Gasteiger partial charge on any atom is 0.256 e. The van der Waals surface area contributed by atoms with E-state index in [0.29, 0.717) is 11.5 Å². The Balaban J connectivity index is 1.46. The maximum absolute atomic E-state index is 13.0. The second-order valence-electron chi connectivity index (χ2n) is 6.84. The lowest BCUT2D eigenvalue weighted by Crippen LogP contribution is -2.29. The van der Waals surface area contributed by atoms with Crippen molar-refractivity contribution < 1.29 is 9.53 Å². The molecule has 0 saturated carbocycles. The Kier molecular flexibility index (Phi) is 4.57. The fraction of sp³-hybridized carbons (Fsp3) is 0.273. The maximum atomic E-state index is 13.0. The predicted molar refractivity (Wildman–Crippen MR) is 102 cm³/mol. The third-order valence-corrected chi connectivity index (χ3v) is 5.12. The van der Waals surface area contributed by atoms with Gasteiger partial charge in [-0.15, -0.1) is 0 Å². The van der Waals surface area contributed by atoms with Crippen LogP contribution < -0.4 is 4.74 Å². The van der Waals surface area contributed by atoms with Crippen LogP contribution in [0.3, 0.4) is 0 Å². The molecule has 1 atom stereocenters. The van der Waals surface area contributed by atoms with Crippen LogP contribution in [-0.2, 0) is 6.42 Å². The predicted octanol–water partition coefficient (Wildman–Crippen LogP) is 3.95. The topological polar surface area (TPSA) is 42.4 Å². The van der Waals surface area contributed by atoms with E-state index in [0.717, 1.165) is 42.6 Å². The molecule has 2 aromatic carbocycles. The quantitative estimate of drug-likeness (QED) is 0.718. The van der Waals surface area contributed by atoms with Crippen molar-refractivity contribution in [3.8, 4) is 5.75 Å². The fourth-order valence-electron chi connectivity index (χ4n) is 3.73. The van der Waals surface area contributed by atoms with Gasteiger partial charge in [0.2, 0.25) is 0 Å². The molecule has 1 aliphatic rings. The molecule has 1 aliphatic heterocycles. The van der Waals surface area contributed by atoms with E-state index in [9.17, 15) is 4.79 Å². The van der Waals surface area contributed by atoms with Crippen molar-refractivity contribution in [2.75, 3.05) is 20.2 Å². The van der Waals surface area contributed by atoms with Crippen molar-refractivity contribution in [2.45, 2.75) is 12.8 Å². The monoisotopic (exact) mass is 346 g/mol. The number of ether oxygens (including phenoxy) is 1. The van der Waals surface area contributed by atoms with Crippen molar-refractivity contribution in [1.29, 1.82) is 0 Å². The van der Waals surface area contributed by atoms with Gasteiger partial charge in [0.15, 0.2) is 0 Å². The summed E-state index contributed by atoms with van der Waals surface area (Å²) in [6, 6.07) is 17.9. The van der Waals surface area contributed by atoms with Gasteiger partial charge in [-0.25, -0.2) is 0 Å². The number of nitrogens with zero attached hydrogens (tertiary/aromatic N) is 2. The largest absolute Gasteiger partial charge is 0.497 e. The number of hydrogen-bond acceptors (Lipinski definition) is 3. The first-order chi connectivity index (χ1) is 12.7. The van der Waals surface area contributed by atoms with Crippen molar-refractivity contribution in [3.05, 3.63) is 71.9 Å². The molecule has 0 radical (unpaired) electrons. The summed E-state index contributed by atoms with van der Waals surface area (Å²) in [5.74, 6) is 1.46. The molecule has 1 unspecified atom stereocenters. The molecule has 4 rings (SSSR count). The van der Waals surface area contributed by atoms with Crippen LogP contribution in [0, 0.1) is 5.92 Å². The number of carbonyl (C=O) groups excluding carboxylic acids is 1. The van der Waals surface area contributed by atoms with Crippen LogP contribution in [-0.4, -0.2) is 36.0 Å². The molecule has 0 bridgehead atoms. The lowest BCUT2D eigenvalue weighted by atomic mass is 9.99. The van der Waals surface area contributed by atoms with Crippen LogP contribution in [0.2, 0.25) is 0 Å². The molecule has 3 aromatic rings. The first-order valence-corrected chi connectivity index (χ1v) is 9.00. The van der Waals surface area contributed by atoms with E-state index >= 15 is 0 Å². The van der Waals surface area contributed by atoms with E-state index < -0.39 is 0 Å². The first kappa shape index (κ1) is 16.6. The van der Waals surface area contributed by atoms with Gasteiger partial charge in [-0.05, 0) is 48.6 Å². The third-order valence-electron chi connectivity index (χ3n) is 5.12. The number of rotatable bonds is 4. The molecule has 1 aromatic heterocycles. The number of para-hydroxylation sites is 1. The molecule has 1 amide bonds. The zero-order valence-corrected chi connectivity index (χ0v) is 14.9. The summed E-state index contributed by atoms with van der Waals surface area (Å²) in [4.78, 5) is 19.4. The van der Waals surface area contributed by atoms with Gasteiger partial charge in [0.25, 0.3) is 5.91 Å². The highest BCUT2D eigenvalue weighted by Crippen LogP contribution is 2.25. The number of carbonyl (C=O) groups is 1. The lowest BCUT2D eigenvalue weighted by molar-refractivity contribution is 0.0789. The van der Waals surface area contributed by atoms with Crippen LogP contribution in [0.4, 0.5) is 0 Å². The zero-order valence-electron chi connectivity index (χ0n) is 14.9. The minimum Gasteiger partial charge on any atom is -0.497 e. The summed E-state index contributed by atoms with van der Waals surface area (Å²) in [7, 11) is 1.68. The van der Waals surface area contributed by atoms with Gasteiger partial charge in [0.05, 0.1) is 18.2 Å². The van der Waals surface area contributed by atoms with Crippen LogP contribution >= 0.6 is 0 Å². The van der Waals surface area contributed by atoms with E-state index in [1.807, 2.05) is 47.4 Å². The standard InChI is InChI=1S/C22H22N2O2/c1-26-19-9-7-16(8-10-19)14-17-11-13-24(15-17)22(25)20-6-2-4-18-5-3-12-23-21(18)20/h2-10,12,17H,11,13-15H2,1H3. The minimum atomic E-state index is 0.0894. The first-order valence-electron chi connectivity index (χ1n) is 9.00. The molecule has 132 valence electrons. The molecular weight excluding hydrogens is 324 g/mol. The Morgan fingerprint density at radius 3 is 2.77 bits per heavy atom. The van der Waals surface area contributed by atoms with Gasteiger partial charge in [-0.3, -0.25) is 9.78 Å². The minimum absolute atomic E-state index is 0.0894. The molecule has 4 nitrogen and oxygen atoms in total. The second-order valence-corrected chi connectivity index (χ2v) is 6.84. The average molecular weight is 346 g/mol. The number of benzene rings is 2.